The predicted molar refractivity (Wildman–Crippen MR) is 113 cm³/mol. The maximum Gasteiger partial charge on any atom is 0.336 e. The van der Waals surface area contributed by atoms with Crippen molar-refractivity contribution in [2.75, 3.05) is 13.2 Å². The first-order valence-corrected chi connectivity index (χ1v) is 11.2. The number of fused-ring (bicyclic) bond motifs is 1. The van der Waals surface area contributed by atoms with Crippen LogP contribution in [0.1, 0.15) is 62.1 Å². The molecule has 2 aliphatic heterocycles. The molecule has 1 saturated carbocycles. The molecule has 0 N–H and O–H groups in total. The Labute approximate surface area is 176 Å². The van der Waals surface area contributed by atoms with Gasteiger partial charge in [-0.15, -0.1) is 11.3 Å². The summed E-state index contributed by atoms with van der Waals surface area (Å²) >= 11 is 1.64. The van der Waals surface area contributed by atoms with Crippen LogP contribution in [0, 0.1) is 18.3 Å². The van der Waals surface area contributed by atoms with Crippen LogP contribution in [0.4, 0.5) is 0 Å². The highest BCUT2D eigenvalue weighted by Gasteiger charge is 2.48. The first-order valence-electron chi connectivity index (χ1n) is 10.4. The highest BCUT2D eigenvalue weighted by Crippen LogP contribution is 2.48. The van der Waals surface area contributed by atoms with Gasteiger partial charge < -0.3 is 9.47 Å². The third-order valence-electron chi connectivity index (χ3n) is 6.08. The Morgan fingerprint density at radius 1 is 1.28 bits per heavy atom. The van der Waals surface area contributed by atoms with Crippen LogP contribution in [-0.2, 0) is 19.1 Å². The first kappa shape index (κ1) is 20.5. The van der Waals surface area contributed by atoms with Crippen molar-refractivity contribution < 1.29 is 19.1 Å². The van der Waals surface area contributed by atoms with Gasteiger partial charge in [-0.3, -0.25) is 9.79 Å². The molecule has 0 spiro atoms. The molecule has 1 saturated heterocycles. The Hall–Kier alpha value is -1.79. The van der Waals surface area contributed by atoms with E-state index >= 15 is 0 Å². The van der Waals surface area contributed by atoms with Crippen molar-refractivity contribution in [3.8, 4) is 0 Å². The zero-order chi connectivity index (χ0) is 20.8. The summed E-state index contributed by atoms with van der Waals surface area (Å²) in [5, 5.41) is 0. The molecule has 1 unspecified atom stereocenters. The summed E-state index contributed by atoms with van der Waals surface area (Å²) in [6, 6.07) is 4.09. The topological polar surface area (TPSA) is 65.0 Å². The lowest BCUT2D eigenvalue weighted by molar-refractivity contribution is -0.142. The summed E-state index contributed by atoms with van der Waals surface area (Å²) in [5.74, 6) is -0.862. The van der Waals surface area contributed by atoms with E-state index in [1.54, 1.807) is 11.3 Å². The van der Waals surface area contributed by atoms with Gasteiger partial charge in [-0.1, -0.05) is 13.8 Å². The number of rotatable bonds is 4. The molecule has 0 bridgehead atoms. The molecule has 3 aliphatic rings. The second-order valence-corrected chi connectivity index (χ2v) is 10.5. The molecule has 2 fully saturated rings. The number of nitrogens with zero attached hydrogens (tertiary/aromatic N) is 1. The number of hydrogen-bond donors (Lipinski definition) is 0. The van der Waals surface area contributed by atoms with Gasteiger partial charge in [0, 0.05) is 40.1 Å². The monoisotopic (exact) mass is 415 g/mol. The Bertz CT molecular complexity index is 888. The quantitative estimate of drug-likeness (QED) is 0.675. The van der Waals surface area contributed by atoms with E-state index in [2.05, 4.69) is 13.8 Å². The summed E-state index contributed by atoms with van der Waals surface area (Å²) in [6.07, 6.45) is 3.18. The van der Waals surface area contributed by atoms with Crippen molar-refractivity contribution in [2.24, 2.45) is 16.3 Å². The van der Waals surface area contributed by atoms with Crippen LogP contribution in [0.15, 0.2) is 28.4 Å². The van der Waals surface area contributed by atoms with Gasteiger partial charge >= 0.3 is 5.97 Å². The smallest absolute Gasteiger partial charge is 0.336 e. The molecule has 6 heteroatoms. The van der Waals surface area contributed by atoms with Gasteiger partial charge in [-0.05, 0) is 50.7 Å². The Morgan fingerprint density at radius 2 is 2.07 bits per heavy atom. The molecule has 0 radical (unpaired) electrons. The number of hydrogen-bond acceptors (Lipinski definition) is 6. The second-order valence-electron chi connectivity index (χ2n) is 9.22. The summed E-state index contributed by atoms with van der Waals surface area (Å²) in [7, 11) is 0. The number of thiophene rings is 1. The minimum Gasteiger partial charge on any atom is -0.460 e. The second kappa shape index (κ2) is 7.80. The van der Waals surface area contributed by atoms with E-state index < -0.39 is 0 Å². The van der Waals surface area contributed by atoms with Crippen molar-refractivity contribution in [1.29, 1.82) is 0 Å². The minimum absolute atomic E-state index is 0.0259. The summed E-state index contributed by atoms with van der Waals surface area (Å²) in [6.45, 7) is 9.11. The van der Waals surface area contributed by atoms with Crippen molar-refractivity contribution in [1.82, 2.24) is 0 Å². The normalized spacial score (nSPS) is 28.9. The summed E-state index contributed by atoms with van der Waals surface area (Å²) < 4.78 is 11.2. The highest BCUT2D eigenvalue weighted by molar-refractivity contribution is 7.12. The minimum atomic E-state index is -0.366. The number of aryl methyl sites for hydroxylation is 1. The van der Waals surface area contributed by atoms with Crippen molar-refractivity contribution >= 4 is 28.8 Å². The molecular formula is C23H29NO4S. The van der Waals surface area contributed by atoms with E-state index in [0.717, 1.165) is 41.3 Å². The molecule has 5 nitrogen and oxygen atoms in total. The van der Waals surface area contributed by atoms with E-state index in [-0.39, 0.29) is 41.7 Å². The summed E-state index contributed by atoms with van der Waals surface area (Å²) in [5.41, 5.74) is 2.03. The van der Waals surface area contributed by atoms with Crippen LogP contribution >= 0.6 is 11.3 Å². The van der Waals surface area contributed by atoms with Gasteiger partial charge in [0.1, 0.15) is 12.4 Å². The number of allylic oxidation sites excluding steroid dienone is 1. The molecular weight excluding hydrogens is 386 g/mol. The standard InChI is InChI=1S/C23H29NO4S/c1-13-7-8-18(29-13)21-19(22(26)28-12-15-6-5-9-27-15)14(2)24-16-10-23(3,4)11-17(25)20(16)21/h7-8,15,20-21H,5-6,9-12H2,1-4H3/t15-,20?,21+/m0/s1. The fraction of sp³-hybridized carbons (Fsp3) is 0.609. The third kappa shape index (κ3) is 4.10. The van der Waals surface area contributed by atoms with Gasteiger partial charge in [0.25, 0.3) is 0 Å². The average molecular weight is 416 g/mol. The molecule has 3 atom stereocenters. The number of aliphatic imine (C=N–C) groups is 1. The maximum absolute atomic E-state index is 13.2. The molecule has 1 aromatic heterocycles. The van der Waals surface area contributed by atoms with Crippen molar-refractivity contribution in [3.05, 3.63) is 33.2 Å². The molecule has 1 aromatic rings. The predicted octanol–water partition coefficient (Wildman–Crippen LogP) is 4.60. The number of ketones is 1. The van der Waals surface area contributed by atoms with Crippen LogP contribution in [0.2, 0.25) is 0 Å². The molecule has 4 rings (SSSR count). The Morgan fingerprint density at radius 3 is 2.72 bits per heavy atom. The molecule has 0 amide bonds. The average Bonchev–Trinajstić information content (AvgIpc) is 3.28. The molecule has 29 heavy (non-hydrogen) atoms. The van der Waals surface area contributed by atoms with Crippen molar-refractivity contribution in [3.63, 3.8) is 0 Å². The van der Waals surface area contributed by atoms with Crippen LogP contribution in [0.25, 0.3) is 0 Å². The van der Waals surface area contributed by atoms with E-state index in [9.17, 15) is 9.59 Å². The van der Waals surface area contributed by atoms with E-state index in [0.29, 0.717) is 17.7 Å². The Kier molecular flexibility index (Phi) is 5.51. The maximum atomic E-state index is 13.2. The lowest BCUT2D eigenvalue weighted by Crippen LogP contribution is -2.44. The number of Topliss-reactive ketones (excluding diaryl/α,β-unsaturated/α-hetero) is 1. The number of carbonyl (C=O) groups excluding carboxylic acids is 2. The molecule has 1 aliphatic carbocycles. The lowest BCUT2D eigenvalue weighted by atomic mass is 9.64. The molecule has 156 valence electrons. The van der Waals surface area contributed by atoms with Gasteiger partial charge in [0.05, 0.1) is 17.6 Å². The largest absolute Gasteiger partial charge is 0.460 e. The fourth-order valence-electron chi connectivity index (χ4n) is 4.81. The van der Waals surface area contributed by atoms with Crippen LogP contribution in [0.5, 0.6) is 0 Å². The third-order valence-corrected chi connectivity index (χ3v) is 7.16. The van der Waals surface area contributed by atoms with Gasteiger partial charge in [-0.25, -0.2) is 4.79 Å². The fourth-order valence-corrected chi connectivity index (χ4v) is 5.83. The van der Waals surface area contributed by atoms with Crippen molar-refractivity contribution in [2.45, 2.75) is 65.4 Å². The van der Waals surface area contributed by atoms with Crippen LogP contribution in [0.3, 0.4) is 0 Å². The Balaban J connectivity index is 1.70. The first-order chi connectivity index (χ1) is 13.7. The zero-order valence-electron chi connectivity index (χ0n) is 17.6. The molecule has 3 heterocycles. The summed E-state index contributed by atoms with van der Waals surface area (Å²) in [4.78, 5) is 33.3. The van der Waals surface area contributed by atoms with Gasteiger partial charge in [0.15, 0.2) is 0 Å². The zero-order valence-corrected chi connectivity index (χ0v) is 18.4. The van der Waals surface area contributed by atoms with Gasteiger partial charge in [-0.2, -0.15) is 0 Å². The van der Waals surface area contributed by atoms with Crippen LogP contribution in [-0.4, -0.2) is 36.8 Å². The highest BCUT2D eigenvalue weighted by atomic mass is 32.1. The number of esters is 1. The number of carbonyl (C=O) groups is 2. The lowest BCUT2D eigenvalue weighted by Gasteiger charge is -2.40. The van der Waals surface area contributed by atoms with E-state index in [1.807, 2.05) is 26.0 Å². The van der Waals surface area contributed by atoms with E-state index in [4.69, 9.17) is 14.5 Å². The van der Waals surface area contributed by atoms with Gasteiger partial charge in [0.2, 0.25) is 0 Å². The molecule has 0 aromatic carbocycles. The van der Waals surface area contributed by atoms with Crippen LogP contribution < -0.4 is 0 Å². The van der Waals surface area contributed by atoms with E-state index in [1.165, 1.54) is 0 Å². The SMILES string of the molecule is CC1=C(C(=O)OC[C@@H]2CCCO2)[C@@H](c2ccc(C)s2)C2C(=O)CC(C)(C)CC2=N1. The number of ether oxygens (including phenoxy) is 2.